The maximum Gasteiger partial charge on any atom is 0.323 e. The summed E-state index contributed by atoms with van der Waals surface area (Å²) >= 11 is 0. The van der Waals surface area contributed by atoms with Crippen molar-refractivity contribution in [1.82, 2.24) is 5.32 Å². The Balaban J connectivity index is 2.48. The summed E-state index contributed by atoms with van der Waals surface area (Å²) in [5, 5.41) is 2.97. The molecule has 2 unspecified atom stereocenters. The molecule has 0 spiro atoms. The van der Waals surface area contributed by atoms with E-state index in [-0.39, 0.29) is 17.9 Å². The summed E-state index contributed by atoms with van der Waals surface area (Å²) in [5.74, 6) is 0.0594. The first-order chi connectivity index (χ1) is 6.29. The van der Waals surface area contributed by atoms with Gasteiger partial charge >= 0.3 is 5.97 Å². The molecule has 1 saturated heterocycles. The maximum absolute atomic E-state index is 11.3. The molecule has 0 aromatic rings. The molecule has 4 nitrogen and oxygen atoms in total. The zero-order valence-corrected chi connectivity index (χ0v) is 8.21. The first kappa shape index (κ1) is 10.5. The van der Waals surface area contributed by atoms with Gasteiger partial charge in [0.2, 0.25) is 0 Å². The van der Waals surface area contributed by atoms with Gasteiger partial charge in [-0.3, -0.25) is 4.79 Å². The molecular weight excluding hydrogens is 170 g/mol. The van der Waals surface area contributed by atoms with E-state index >= 15 is 0 Å². The highest BCUT2D eigenvalue weighted by Gasteiger charge is 2.29. The molecule has 0 aromatic heterocycles. The van der Waals surface area contributed by atoms with Crippen LogP contribution < -0.4 is 5.32 Å². The van der Waals surface area contributed by atoms with Gasteiger partial charge in [0, 0.05) is 12.5 Å². The molecule has 0 aliphatic carbocycles. The predicted octanol–water partition coefficient (Wildman–Crippen LogP) is 0.174. The largest absolute Gasteiger partial charge is 0.468 e. The molecule has 0 bridgehead atoms. The van der Waals surface area contributed by atoms with Crippen LogP contribution in [0.2, 0.25) is 0 Å². The fourth-order valence-electron chi connectivity index (χ4n) is 1.70. The summed E-state index contributed by atoms with van der Waals surface area (Å²) in [4.78, 5) is 11.3. The van der Waals surface area contributed by atoms with Crippen molar-refractivity contribution in [2.45, 2.75) is 18.9 Å². The molecule has 0 radical (unpaired) electrons. The van der Waals surface area contributed by atoms with Crippen LogP contribution in [0.3, 0.4) is 0 Å². The van der Waals surface area contributed by atoms with Crippen LogP contribution in [0.4, 0.5) is 0 Å². The predicted molar refractivity (Wildman–Crippen MR) is 48.4 cm³/mol. The number of ether oxygens (including phenoxy) is 2. The summed E-state index contributed by atoms with van der Waals surface area (Å²) < 4.78 is 10.0. The first-order valence-electron chi connectivity index (χ1n) is 4.62. The number of methoxy groups -OCH3 is 1. The lowest BCUT2D eigenvalue weighted by Gasteiger charge is -2.27. The van der Waals surface area contributed by atoms with E-state index in [9.17, 15) is 4.79 Å². The lowest BCUT2D eigenvalue weighted by Crippen LogP contribution is -2.44. The molecule has 1 aliphatic rings. The summed E-state index contributed by atoms with van der Waals surface area (Å²) in [6, 6.07) is -0.217. The summed E-state index contributed by atoms with van der Waals surface area (Å²) in [7, 11) is 3.19. The fourth-order valence-corrected chi connectivity index (χ4v) is 1.70. The highest BCUT2D eigenvalue weighted by Crippen LogP contribution is 2.17. The monoisotopic (exact) mass is 187 g/mol. The molecule has 0 saturated carbocycles. The molecule has 1 heterocycles. The average Bonchev–Trinajstić information content (AvgIpc) is 2.20. The lowest BCUT2D eigenvalue weighted by atomic mass is 9.94. The highest BCUT2D eigenvalue weighted by molar-refractivity contribution is 5.76. The van der Waals surface area contributed by atoms with Gasteiger partial charge in [-0.1, -0.05) is 0 Å². The third-order valence-corrected chi connectivity index (χ3v) is 2.43. The smallest absolute Gasteiger partial charge is 0.323 e. The molecule has 1 N–H and O–H groups in total. The lowest BCUT2D eigenvalue weighted by molar-refractivity contribution is -0.146. The second-order valence-corrected chi connectivity index (χ2v) is 3.27. The number of carbonyl (C=O) groups excluding carboxylic acids is 1. The Labute approximate surface area is 78.6 Å². The molecule has 13 heavy (non-hydrogen) atoms. The summed E-state index contributed by atoms with van der Waals surface area (Å²) in [5.41, 5.74) is 0. The Morgan fingerprint density at radius 2 is 2.46 bits per heavy atom. The minimum Gasteiger partial charge on any atom is -0.468 e. The molecular formula is C9H17NO3. The van der Waals surface area contributed by atoms with Crippen LogP contribution in [0, 0.1) is 5.92 Å². The zero-order chi connectivity index (χ0) is 9.68. The minimum absolute atomic E-state index is 0.196. The van der Waals surface area contributed by atoms with Gasteiger partial charge in [-0.15, -0.1) is 0 Å². The van der Waals surface area contributed by atoms with E-state index in [0.717, 1.165) is 19.4 Å². The summed E-state index contributed by atoms with van der Waals surface area (Å²) in [6.45, 7) is 1.47. The van der Waals surface area contributed by atoms with E-state index in [0.29, 0.717) is 6.61 Å². The Hall–Kier alpha value is -0.610. The van der Waals surface area contributed by atoms with Crippen molar-refractivity contribution >= 4 is 5.97 Å². The van der Waals surface area contributed by atoms with Gasteiger partial charge in [0.05, 0.1) is 13.7 Å². The van der Waals surface area contributed by atoms with Crippen LogP contribution >= 0.6 is 0 Å². The van der Waals surface area contributed by atoms with Crippen LogP contribution in [0.5, 0.6) is 0 Å². The van der Waals surface area contributed by atoms with E-state index in [4.69, 9.17) is 9.47 Å². The summed E-state index contributed by atoms with van der Waals surface area (Å²) in [6.07, 6.45) is 2.06. The number of rotatable bonds is 3. The van der Waals surface area contributed by atoms with Gasteiger partial charge < -0.3 is 14.8 Å². The van der Waals surface area contributed by atoms with E-state index in [1.165, 1.54) is 7.11 Å². The van der Waals surface area contributed by atoms with Gasteiger partial charge in [0.25, 0.3) is 0 Å². The Morgan fingerprint density at radius 3 is 2.92 bits per heavy atom. The number of hydrogen-bond acceptors (Lipinski definition) is 4. The maximum atomic E-state index is 11.3. The molecule has 1 rings (SSSR count). The highest BCUT2D eigenvalue weighted by atomic mass is 16.5. The first-order valence-corrected chi connectivity index (χ1v) is 4.62. The molecule has 2 atom stereocenters. The van der Waals surface area contributed by atoms with Crippen molar-refractivity contribution < 1.29 is 14.3 Å². The van der Waals surface area contributed by atoms with Crippen molar-refractivity contribution in [1.29, 1.82) is 0 Å². The molecule has 0 aromatic carbocycles. The van der Waals surface area contributed by atoms with E-state index in [1.807, 2.05) is 0 Å². The van der Waals surface area contributed by atoms with E-state index < -0.39 is 0 Å². The van der Waals surface area contributed by atoms with Crippen molar-refractivity contribution in [3.8, 4) is 0 Å². The fraction of sp³-hybridized carbons (Fsp3) is 0.889. The van der Waals surface area contributed by atoms with E-state index in [1.54, 1.807) is 7.05 Å². The van der Waals surface area contributed by atoms with Gasteiger partial charge in [-0.2, -0.15) is 0 Å². The van der Waals surface area contributed by atoms with Crippen molar-refractivity contribution in [3.05, 3.63) is 0 Å². The van der Waals surface area contributed by atoms with Crippen LogP contribution in [-0.4, -0.2) is 39.4 Å². The van der Waals surface area contributed by atoms with Crippen molar-refractivity contribution in [3.63, 3.8) is 0 Å². The topological polar surface area (TPSA) is 47.6 Å². The van der Waals surface area contributed by atoms with Gasteiger partial charge in [0.1, 0.15) is 6.04 Å². The zero-order valence-electron chi connectivity index (χ0n) is 8.21. The normalized spacial score (nSPS) is 25.2. The molecule has 1 fully saturated rings. The molecule has 76 valence electrons. The SMILES string of the molecule is CNC(C(=O)OC)C1CCCOC1. The van der Waals surface area contributed by atoms with Gasteiger partial charge in [-0.05, 0) is 19.9 Å². The molecule has 1 aliphatic heterocycles. The number of carbonyl (C=O) groups is 1. The minimum atomic E-state index is -0.217. The second-order valence-electron chi connectivity index (χ2n) is 3.27. The van der Waals surface area contributed by atoms with Crippen LogP contribution in [0.25, 0.3) is 0 Å². The van der Waals surface area contributed by atoms with Crippen molar-refractivity contribution in [2.75, 3.05) is 27.4 Å². The number of esters is 1. The van der Waals surface area contributed by atoms with E-state index in [2.05, 4.69) is 5.32 Å². The van der Waals surface area contributed by atoms with Crippen LogP contribution in [0.15, 0.2) is 0 Å². The van der Waals surface area contributed by atoms with Crippen LogP contribution in [-0.2, 0) is 14.3 Å². The molecule has 0 amide bonds. The number of likely N-dealkylation sites (N-methyl/N-ethyl adjacent to an activating group) is 1. The van der Waals surface area contributed by atoms with Crippen LogP contribution in [0.1, 0.15) is 12.8 Å². The Morgan fingerprint density at radius 1 is 1.69 bits per heavy atom. The average molecular weight is 187 g/mol. The van der Waals surface area contributed by atoms with Gasteiger partial charge in [0.15, 0.2) is 0 Å². The quantitative estimate of drug-likeness (QED) is 0.640. The second kappa shape index (κ2) is 5.19. The Kier molecular flexibility index (Phi) is 4.18. The molecule has 4 heteroatoms. The van der Waals surface area contributed by atoms with Crippen molar-refractivity contribution in [2.24, 2.45) is 5.92 Å². The van der Waals surface area contributed by atoms with Gasteiger partial charge in [-0.25, -0.2) is 0 Å². The Bertz CT molecular complexity index is 166. The third-order valence-electron chi connectivity index (χ3n) is 2.43. The third kappa shape index (κ3) is 2.67. The number of nitrogens with one attached hydrogen (secondary N) is 1. The number of hydrogen-bond donors (Lipinski definition) is 1. The standard InChI is InChI=1S/C9H17NO3/c1-10-8(9(11)12-2)7-4-3-5-13-6-7/h7-8,10H,3-6H2,1-2H3.